The van der Waals surface area contributed by atoms with Crippen molar-refractivity contribution >= 4 is 5.91 Å². The maximum Gasteiger partial charge on any atom is 0.221 e. The van der Waals surface area contributed by atoms with Crippen LogP contribution in [0.5, 0.6) is 0 Å². The summed E-state index contributed by atoms with van der Waals surface area (Å²) in [7, 11) is 0. The molecule has 3 rings (SSSR count). The molecule has 2 saturated heterocycles. The molecule has 1 atom stereocenters. The van der Waals surface area contributed by atoms with E-state index < -0.39 is 0 Å². The van der Waals surface area contributed by atoms with Crippen LogP contribution in [0.15, 0.2) is 24.3 Å². The van der Waals surface area contributed by atoms with Gasteiger partial charge in [-0.1, -0.05) is 12.1 Å². The molecule has 0 aliphatic carbocycles. The van der Waals surface area contributed by atoms with Crippen molar-refractivity contribution in [2.24, 2.45) is 0 Å². The van der Waals surface area contributed by atoms with Crippen molar-refractivity contribution in [3.05, 3.63) is 35.6 Å². The molecule has 1 aromatic rings. The summed E-state index contributed by atoms with van der Waals surface area (Å²) in [5.41, 5.74) is 0.756. The minimum Gasteiger partial charge on any atom is -0.380 e. The SMILES string of the molecule is O=C(CCN1CCCCO1)NCC1(c2ccc(F)cc2)CCOC1. The van der Waals surface area contributed by atoms with Crippen LogP contribution < -0.4 is 5.32 Å². The minimum absolute atomic E-state index is 0.0116. The minimum atomic E-state index is -0.259. The van der Waals surface area contributed by atoms with Gasteiger partial charge in [0.2, 0.25) is 5.91 Å². The first kappa shape index (κ1) is 17.3. The third kappa shape index (κ3) is 4.32. The molecule has 132 valence electrons. The number of benzene rings is 1. The molecule has 1 aromatic carbocycles. The molecule has 0 aromatic heterocycles. The smallest absolute Gasteiger partial charge is 0.221 e. The van der Waals surface area contributed by atoms with Gasteiger partial charge in [0, 0.05) is 38.1 Å². The molecular formula is C18H25FN2O3. The Balaban J connectivity index is 1.52. The number of hydroxylamine groups is 2. The van der Waals surface area contributed by atoms with Crippen LogP contribution in [-0.4, -0.2) is 50.4 Å². The zero-order valence-electron chi connectivity index (χ0n) is 13.9. The van der Waals surface area contributed by atoms with Crippen LogP contribution in [0.25, 0.3) is 0 Å². The van der Waals surface area contributed by atoms with Gasteiger partial charge in [-0.05, 0) is 37.0 Å². The zero-order chi connectivity index (χ0) is 16.8. The summed E-state index contributed by atoms with van der Waals surface area (Å²) in [6, 6.07) is 6.51. The summed E-state index contributed by atoms with van der Waals surface area (Å²) in [5, 5.41) is 4.90. The first-order valence-electron chi connectivity index (χ1n) is 8.66. The number of amides is 1. The Labute approximate surface area is 142 Å². The third-order valence-corrected chi connectivity index (χ3v) is 4.85. The molecule has 5 nitrogen and oxygen atoms in total. The Hall–Kier alpha value is -1.50. The number of carbonyl (C=O) groups excluding carboxylic acids is 1. The van der Waals surface area contributed by atoms with E-state index in [2.05, 4.69) is 5.32 Å². The first-order valence-corrected chi connectivity index (χ1v) is 8.66. The topological polar surface area (TPSA) is 50.8 Å². The predicted molar refractivity (Wildman–Crippen MR) is 87.9 cm³/mol. The third-order valence-electron chi connectivity index (χ3n) is 4.85. The van der Waals surface area contributed by atoms with Gasteiger partial charge in [0.1, 0.15) is 5.82 Å². The van der Waals surface area contributed by atoms with E-state index in [-0.39, 0.29) is 17.1 Å². The van der Waals surface area contributed by atoms with Gasteiger partial charge in [-0.3, -0.25) is 9.63 Å². The first-order chi connectivity index (χ1) is 11.7. The lowest BCUT2D eigenvalue weighted by Crippen LogP contribution is -2.42. The van der Waals surface area contributed by atoms with Gasteiger partial charge in [0.15, 0.2) is 0 Å². The molecule has 2 aliphatic rings. The number of nitrogens with one attached hydrogen (secondary N) is 1. The number of ether oxygens (including phenoxy) is 1. The molecule has 2 fully saturated rings. The summed E-state index contributed by atoms with van der Waals surface area (Å²) in [6.07, 6.45) is 3.45. The Morgan fingerprint density at radius 2 is 2.08 bits per heavy atom. The Kier molecular flexibility index (Phi) is 5.81. The van der Waals surface area contributed by atoms with E-state index >= 15 is 0 Å². The van der Waals surface area contributed by atoms with Gasteiger partial charge in [-0.2, -0.15) is 5.06 Å². The number of halogens is 1. The monoisotopic (exact) mass is 336 g/mol. The fourth-order valence-corrected chi connectivity index (χ4v) is 3.29. The lowest BCUT2D eigenvalue weighted by Gasteiger charge is -2.29. The fraction of sp³-hybridized carbons (Fsp3) is 0.611. The Bertz CT molecular complexity index is 538. The van der Waals surface area contributed by atoms with Gasteiger partial charge in [0.25, 0.3) is 0 Å². The summed E-state index contributed by atoms with van der Waals surface area (Å²) in [6.45, 7) is 3.97. The molecule has 6 heteroatoms. The van der Waals surface area contributed by atoms with Crippen LogP contribution in [-0.2, 0) is 19.8 Å². The lowest BCUT2D eigenvalue weighted by molar-refractivity contribution is -0.181. The molecule has 2 aliphatic heterocycles. The van der Waals surface area contributed by atoms with Crippen LogP contribution in [0.4, 0.5) is 4.39 Å². The maximum absolute atomic E-state index is 13.2. The standard InChI is InChI=1S/C18H25FN2O3/c19-16-5-3-15(4-6-16)18(8-12-23-14-18)13-20-17(22)7-10-21-9-1-2-11-24-21/h3-6H,1-2,7-14H2,(H,20,22). The maximum atomic E-state index is 13.2. The Morgan fingerprint density at radius 1 is 1.25 bits per heavy atom. The van der Waals surface area contributed by atoms with Crippen molar-refractivity contribution in [1.29, 1.82) is 0 Å². The second-order valence-corrected chi connectivity index (χ2v) is 6.59. The molecule has 1 unspecified atom stereocenters. The zero-order valence-corrected chi connectivity index (χ0v) is 13.9. The lowest BCUT2D eigenvalue weighted by atomic mass is 9.79. The van der Waals surface area contributed by atoms with Crippen LogP contribution in [0.1, 0.15) is 31.2 Å². The van der Waals surface area contributed by atoms with Gasteiger partial charge in [0.05, 0.1) is 13.2 Å². The van der Waals surface area contributed by atoms with Gasteiger partial charge >= 0.3 is 0 Å². The van der Waals surface area contributed by atoms with E-state index in [9.17, 15) is 9.18 Å². The van der Waals surface area contributed by atoms with Crippen molar-refractivity contribution in [2.75, 3.05) is 39.5 Å². The highest BCUT2D eigenvalue weighted by Crippen LogP contribution is 2.32. The average Bonchev–Trinajstić information content (AvgIpc) is 3.10. The molecule has 1 amide bonds. The molecule has 0 bridgehead atoms. The number of rotatable bonds is 6. The fourth-order valence-electron chi connectivity index (χ4n) is 3.29. The molecule has 0 radical (unpaired) electrons. The van der Waals surface area contributed by atoms with Crippen molar-refractivity contribution in [1.82, 2.24) is 10.4 Å². The number of hydrogen-bond donors (Lipinski definition) is 1. The van der Waals surface area contributed by atoms with Crippen molar-refractivity contribution in [3.63, 3.8) is 0 Å². The van der Waals surface area contributed by atoms with Crippen LogP contribution >= 0.6 is 0 Å². The highest BCUT2D eigenvalue weighted by molar-refractivity contribution is 5.76. The number of hydrogen-bond acceptors (Lipinski definition) is 4. The predicted octanol–water partition coefficient (Wildman–Crippen LogP) is 2.02. The molecule has 24 heavy (non-hydrogen) atoms. The van der Waals surface area contributed by atoms with E-state index in [1.54, 1.807) is 12.1 Å². The number of carbonyl (C=O) groups is 1. The van der Waals surface area contributed by atoms with E-state index in [0.29, 0.717) is 32.7 Å². The van der Waals surface area contributed by atoms with Gasteiger partial charge in [-0.25, -0.2) is 4.39 Å². The summed E-state index contributed by atoms with van der Waals surface area (Å²) >= 11 is 0. The van der Waals surface area contributed by atoms with E-state index in [0.717, 1.165) is 38.0 Å². The quantitative estimate of drug-likeness (QED) is 0.863. The van der Waals surface area contributed by atoms with Crippen LogP contribution in [0.2, 0.25) is 0 Å². The normalized spacial score (nSPS) is 24.9. The second-order valence-electron chi connectivity index (χ2n) is 6.59. The van der Waals surface area contributed by atoms with E-state index in [4.69, 9.17) is 9.57 Å². The van der Waals surface area contributed by atoms with Crippen LogP contribution in [0.3, 0.4) is 0 Å². The van der Waals surface area contributed by atoms with Crippen LogP contribution in [0, 0.1) is 5.82 Å². The highest BCUT2D eigenvalue weighted by atomic mass is 19.1. The van der Waals surface area contributed by atoms with E-state index in [1.165, 1.54) is 12.1 Å². The second kappa shape index (κ2) is 8.05. The van der Waals surface area contributed by atoms with Gasteiger partial charge < -0.3 is 10.1 Å². The summed E-state index contributed by atoms with van der Waals surface area (Å²) in [5.74, 6) is -0.240. The summed E-state index contributed by atoms with van der Waals surface area (Å²) < 4.78 is 18.7. The molecule has 2 heterocycles. The van der Waals surface area contributed by atoms with Crippen molar-refractivity contribution in [3.8, 4) is 0 Å². The molecule has 1 N–H and O–H groups in total. The average molecular weight is 336 g/mol. The van der Waals surface area contributed by atoms with Gasteiger partial charge in [-0.15, -0.1) is 0 Å². The molecule has 0 spiro atoms. The van der Waals surface area contributed by atoms with Crippen molar-refractivity contribution < 1.29 is 18.8 Å². The summed E-state index contributed by atoms with van der Waals surface area (Å²) in [4.78, 5) is 17.7. The Morgan fingerprint density at radius 3 is 2.75 bits per heavy atom. The van der Waals surface area contributed by atoms with E-state index in [1.807, 2.05) is 5.06 Å². The molecular weight excluding hydrogens is 311 g/mol. The highest BCUT2D eigenvalue weighted by Gasteiger charge is 2.37. The number of nitrogens with zero attached hydrogens (tertiary/aromatic N) is 1. The van der Waals surface area contributed by atoms with Crippen molar-refractivity contribution in [2.45, 2.75) is 31.1 Å². The molecule has 0 saturated carbocycles. The largest absolute Gasteiger partial charge is 0.380 e.